The monoisotopic (exact) mass is 265 g/mol. The van der Waals surface area contributed by atoms with Gasteiger partial charge in [0.05, 0.1) is 20.3 Å². The highest BCUT2D eigenvalue weighted by atomic mass is 16.5. The molecule has 1 aromatic rings. The molecular weight excluding hydrogens is 238 g/mol. The van der Waals surface area contributed by atoms with E-state index in [0.717, 1.165) is 31.0 Å². The molecule has 0 unspecified atom stereocenters. The molecule has 0 bridgehead atoms. The molecule has 0 saturated heterocycles. The van der Waals surface area contributed by atoms with Crippen LogP contribution in [0.15, 0.2) is 24.3 Å². The van der Waals surface area contributed by atoms with E-state index >= 15 is 0 Å². The van der Waals surface area contributed by atoms with Crippen molar-refractivity contribution in [3.63, 3.8) is 0 Å². The predicted octanol–water partition coefficient (Wildman–Crippen LogP) is 3.38. The number of rotatable bonds is 11. The summed E-state index contributed by atoms with van der Waals surface area (Å²) in [5.41, 5.74) is 1.15. The second-order valence-electron chi connectivity index (χ2n) is 4.71. The molecule has 0 radical (unpaired) electrons. The van der Waals surface area contributed by atoms with Crippen molar-refractivity contribution in [2.75, 3.05) is 26.8 Å². The molecule has 108 valence electrons. The molecule has 0 atom stereocenters. The highest BCUT2D eigenvalue weighted by molar-refractivity contribution is 5.27. The van der Waals surface area contributed by atoms with Gasteiger partial charge >= 0.3 is 0 Å². The average Bonchev–Trinajstić information content (AvgIpc) is 2.46. The molecule has 0 aliphatic carbocycles. The smallest absolute Gasteiger partial charge is 0.119 e. The summed E-state index contributed by atoms with van der Waals surface area (Å²) >= 11 is 0. The van der Waals surface area contributed by atoms with Gasteiger partial charge in [0.15, 0.2) is 0 Å². The maximum Gasteiger partial charge on any atom is 0.119 e. The van der Waals surface area contributed by atoms with Crippen LogP contribution in [-0.2, 0) is 11.3 Å². The topological polar surface area (TPSA) is 30.5 Å². The van der Waals surface area contributed by atoms with Crippen LogP contribution >= 0.6 is 0 Å². The second-order valence-corrected chi connectivity index (χ2v) is 4.71. The van der Waals surface area contributed by atoms with Crippen LogP contribution in [0.5, 0.6) is 5.75 Å². The number of hydrogen-bond acceptors (Lipinski definition) is 3. The molecule has 1 N–H and O–H groups in total. The van der Waals surface area contributed by atoms with Gasteiger partial charge in [-0.2, -0.15) is 0 Å². The van der Waals surface area contributed by atoms with Gasteiger partial charge in [0, 0.05) is 6.54 Å². The van der Waals surface area contributed by atoms with Crippen LogP contribution in [-0.4, -0.2) is 26.8 Å². The van der Waals surface area contributed by atoms with Crippen molar-refractivity contribution >= 4 is 0 Å². The molecule has 0 spiro atoms. The standard InChI is InChI=1S/C16H27NO2/c1-3-4-5-6-10-17-11-12-19-14-15-8-7-9-16(13-15)18-2/h7-9,13,17H,3-6,10-12,14H2,1-2H3. The van der Waals surface area contributed by atoms with Crippen LogP contribution in [0.25, 0.3) is 0 Å². The van der Waals surface area contributed by atoms with E-state index in [-0.39, 0.29) is 0 Å². The molecule has 3 heteroatoms. The van der Waals surface area contributed by atoms with Gasteiger partial charge in [-0.05, 0) is 30.7 Å². The van der Waals surface area contributed by atoms with Gasteiger partial charge < -0.3 is 14.8 Å². The van der Waals surface area contributed by atoms with Crippen molar-refractivity contribution in [1.29, 1.82) is 0 Å². The van der Waals surface area contributed by atoms with E-state index < -0.39 is 0 Å². The number of unbranched alkanes of at least 4 members (excludes halogenated alkanes) is 3. The minimum atomic E-state index is 0.648. The molecule has 0 aliphatic heterocycles. The van der Waals surface area contributed by atoms with Crippen LogP contribution in [0.3, 0.4) is 0 Å². The number of ether oxygens (including phenoxy) is 2. The Balaban J connectivity index is 1.98. The number of hydrogen-bond donors (Lipinski definition) is 1. The minimum absolute atomic E-state index is 0.648. The summed E-state index contributed by atoms with van der Waals surface area (Å²) in [5, 5.41) is 3.40. The largest absolute Gasteiger partial charge is 0.497 e. The molecular formula is C16H27NO2. The number of nitrogens with one attached hydrogen (secondary N) is 1. The summed E-state index contributed by atoms with van der Waals surface area (Å²) in [4.78, 5) is 0. The van der Waals surface area contributed by atoms with Gasteiger partial charge in [-0.15, -0.1) is 0 Å². The SMILES string of the molecule is CCCCCCNCCOCc1cccc(OC)c1. The molecule has 0 heterocycles. The van der Waals surface area contributed by atoms with Gasteiger partial charge in [-0.1, -0.05) is 38.3 Å². The summed E-state index contributed by atoms with van der Waals surface area (Å²) in [6, 6.07) is 8.00. The van der Waals surface area contributed by atoms with Crippen molar-refractivity contribution in [2.24, 2.45) is 0 Å². The predicted molar refractivity (Wildman–Crippen MR) is 79.7 cm³/mol. The third-order valence-electron chi connectivity index (χ3n) is 3.03. The van der Waals surface area contributed by atoms with E-state index in [2.05, 4.69) is 18.3 Å². The first-order valence-corrected chi connectivity index (χ1v) is 7.28. The average molecular weight is 265 g/mol. The molecule has 0 amide bonds. The lowest BCUT2D eigenvalue weighted by Crippen LogP contribution is -2.20. The fraction of sp³-hybridized carbons (Fsp3) is 0.625. The van der Waals surface area contributed by atoms with E-state index in [4.69, 9.17) is 9.47 Å². The Morgan fingerprint density at radius 2 is 2.00 bits per heavy atom. The van der Waals surface area contributed by atoms with Gasteiger partial charge in [-0.3, -0.25) is 0 Å². The third kappa shape index (κ3) is 7.85. The van der Waals surface area contributed by atoms with Gasteiger partial charge in [0.2, 0.25) is 0 Å². The maximum atomic E-state index is 5.63. The van der Waals surface area contributed by atoms with Crippen molar-refractivity contribution in [3.8, 4) is 5.75 Å². The summed E-state index contributed by atoms with van der Waals surface area (Å²) in [6.45, 7) is 5.66. The lowest BCUT2D eigenvalue weighted by atomic mass is 10.2. The van der Waals surface area contributed by atoms with Gasteiger partial charge in [0.25, 0.3) is 0 Å². The van der Waals surface area contributed by atoms with E-state index in [9.17, 15) is 0 Å². The normalized spacial score (nSPS) is 10.6. The quantitative estimate of drug-likeness (QED) is 0.622. The van der Waals surface area contributed by atoms with Crippen LogP contribution in [0.1, 0.15) is 38.2 Å². The van der Waals surface area contributed by atoms with Crippen molar-refractivity contribution < 1.29 is 9.47 Å². The Bertz CT molecular complexity index is 328. The van der Waals surface area contributed by atoms with Crippen molar-refractivity contribution in [1.82, 2.24) is 5.32 Å². The van der Waals surface area contributed by atoms with E-state index in [1.165, 1.54) is 25.7 Å². The van der Waals surface area contributed by atoms with Crippen molar-refractivity contribution in [3.05, 3.63) is 29.8 Å². The van der Waals surface area contributed by atoms with E-state index in [0.29, 0.717) is 6.61 Å². The summed E-state index contributed by atoms with van der Waals surface area (Å²) in [5.74, 6) is 0.884. The van der Waals surface area contributed by atoms with Crippen LogP contribution in [0.2, 0.25) is 0 Å². The van der Waals surface area contributed by atoms with E-state index in [1.807, 2.05) is 18.2 Å². The molecule has 0 fully saturated rings. The Hall–Kier alpha value is -1.06. The molecule has 1 rings (SSSR count). The Morgan fingerprint density at radius 1 is 1.11 bits per heavy atom. The Labute approximate surface area is 117 Å². The first-order chi connectivity index (χ1) is 9.36. The van der Waals surface area contributed by atoms with E-state index in [1.54, 1.807) is 7.11 Å². The zero-order chi connectivity index (χ0) is 13.8. The highest BCUT2D eigenvalue weighted by Crippen LogP contribution is 2.12. The molecule has 0 aromatic heterocycles. The Kier molecular flexibility index (Phi) is 9.11. The molecule has 0 saturated carbocycles. The molecule has 0 aliphatic rings. The molecule has 3 nitrogen and oxygen atoms in total. The fourth-order valence-electron chi connectivity index (χ4n) is 1.90. The zero-order valence-corrected chi connectivity index (χ0v) is 12.3. The maximum absolute atomic E-state index is 5.63. The second kappa shape index (κ2) is 10.8. The number of methoxy groups -OCH3 is 1. The minimum Gasteiger partial charge on any atom is -0.497 e. The first kappa shape index (κ1) is 16.0. The fourth-order valence-corrected chi connectivity index (χ4v) is 1.90. The first-order valence-electron chi connectivity index (χ1n) is 7.28. The zero-order valence-electron chi connectivity index (χ0n) is 12.3. The lowest BCUT2D eigenvalue weighted by Gasteiger charge is -2.07. The van der Waals surface area contributed by atoms with Gasteiger partial charge in [-0.25, -0.2) is 0 Å². The molecule has 1 aromatic carbocycles. The van der Waals surface area contributed by atoms with Gasteiger partial charge in [0.1, 0.15) is 5.75 Å². The van der Waals surface area contributed by atoms with Crippen LogP contribution in [0, 0.1) is 0 Å². The summed E-state index contributed by atoms with van der Waals surface area (Å²) in [6.07, 6.45) is 5.23. The third-order valence-corrected chi connectivity index (χ3v) is 3.03. The summed E-state index contributed by atoms with van der Waals surface area (Å²) < 4.78 is 10.8. The highest BCUT2D eigenvalue weighted by Gasteiger charge is 1.96. The Morgan fingerprint density at radius 3 is 2.79 bits per heavy atom. The number of benzene rings is 1. The van der Waals surface area contributed by atoms with Crippen LogP contribution in [0.4, 0.5) is 0 Å². The summed E-state index contributed by atoms with van der Waals surface area (Å²) in [7, 11) is 1.68. The lowest BCUT2D eigenvalue weighted by molar-refractivity contribution is 0.122. The molecule has 19 heavy (non-hydrogen) atoms. The van der Waals surface area contributed by atoms with Crippen LogP contribution < -0.4 is 10.1 Å². The van der Waals surface area contributed by atoms with Crippen molar-refractivity contribution in [2.45, 2.75) is 39.2 Å².